The third-order valence-corrected chi connectivity index (χ3v) is 5.73. The van der Waals surface area contributed by atoms with E-state index in [1.807, 2.05) is 6.92 Å². The van der Waals surface area contributed by atoms with E-state index in [4.69, 9.17) is 12.2 Å². The minimum absolute atomic E-state index is 0.182. The van der Waals surface area contributed by atoms with Gasteiger partial charge in [-0.2, -0.15) is 0 Å². The summed E-state index contributed by atoms with van der Waals surface area (Å²) in [6.07, 6.45) is 2.40. The van der Waals surface area contributed by atoms with E-state index in [1.54, 1.807) is 18.2 Å². The molecule has 0 aliphatic carbocycles. The number of nitrogens with zero attached hydrogens (tertiary/aromatic N) is 3. The normalized spacial score (nSPS) is 15.6. The van der Waals surface area contributed by atoms with Crippen molar-refractivity contribution in [2.75, 3.05) is 11.9 Å². The zero-order chi connectivity index (χ0) is 19.4. The van der Waals surface area contributed by atoms with Crippen molar-refractivity contribution < 1.29 is 14.0 Å². The van der Waals surface area contributed by atoms with Gasteiger partial charge in [0.15, 0.2) is 0 Å². The van der Waals surface area contributed by atoms with Crippen molar-refractivity contribution in [1.82, 2.24) is 15.1 Å². The molecule has 0 radical (unpaired) electrons. The van der Waals surface area contributed by atoms with E-state index in [2.05, 4.69) is 15.5 Å². The molecule has 1 aliphatic heterocycles. The highest BCUT2D eigenvalue weighted by Crippen LogP contribution is 2.32. The zero-order valence-electron chi connectivity index (χ0n) is 14.3. The van der Waals surface area contributed by atoms with Gasteiger partial charge in [-0.25, -0.2) is 4.39 Å². The molecule has 0 spiro atoms. The monoisotopic (exact) mass is 422 g/mol. The molecule has 6 nitrogen and oxygen atoms in total. The lowest BCUT2D eigenvalue weighted by molar-refractivity contribution is -0.122. The van der Waals surface area contributed by atoms with E-state index in [9.17, 15) is 14.0 Å². The van der Waals surface area contributed by atoms with Gasteiger partial charge in [0.1, 0.15) is 15.1 Å². The number of amides is 2. The first-order valence-corrected chi connectivity index (χ1v) is 10.1. The number of aromatic nitrogens is 2. The van der Waals surface area contributed by atoms with Crippen LogP contribution < -0.4 is 5.32 Å². The molecule has 1 aromatic heterocycles. The molecule has 2 aromatic rings. The van der Waals surface area contributed by atoms with Crippen molar-refractivity contribution in [3.63, 3.8) is 0 Å². The summed E-state index contributed by atoms with van der Waals surface area (Å²) in [7, 11) is 0. The summed E-state index contributed by atoms with van der Waals surface area (Å²) in [4.78, 5) is 26.4. The van der Waals surface area contributed by atoms with Gasteiger partial charge in [0, 0.05) is 13.0 Å². The summed E-state index contributed by atoms with van der Waals surface area (Å²) in [6, 6.07) is 5.87. The Morgan fingerprint density at radius 1 is 1.33 bits per heavy atom. The molecule has 2 heterocycles. The molecule has 1 fully saturated rings. The second-order valence-corrected chi connectivity index (χ2v) is 8.52. The number of aryl methyl sites for hydroxylation is 1. The van der Waals surface area contributed by atoms with E-state index >= 15 is 0 Å². The Morgan fingerprint density at radius 2 is 2.07 bits per heavy atom. The minimum Gasteiger partial charge on any atom is -0.301 e. The maximum absolute atomic E-state index is 13.0. The number of nitrogens with one attached hydrogen (secondary N) is 1. The molecular weight excluding hydrogens is 407 g/mol. The largest absolute Gasteiger partial charge is 0.301 e. The lowest BCUT2D eigenvalue weighted by Crippen LogP contribution is -2.29. The van der Waals surface area contributed by atoms with Crippen LogP contribution in [0.4, 0.5) is 9.52 Å². The third-order valence-electron chi connectivity index (χ3n) is 3.60. The van der Waals surface area contributed by atoms with Crippen LogP contribution >= 0.6 is 35.3 Å². The molecule has 140 valence electrons. The van der Waals surface area contributed by atoms with E-state index in [1.165, 1.54) is 40.1 Å². The van der Waals surface area contributed by atoms with Crippen LogP contribution in [0.25, 0.3) is 6.08 Å². The number of hydrogen-bond donors (Lipinski definition) is 1. The maximum atomic E-state index is 13.0. The molecule has 1 aromatic carbocycles. The van der Waals surface area contributed by atoms with Crippen LogP contribution in [0.15, 0.2) is 29.2 Å². The van der Waals surface area contributed by atoms with Crippen LogP contribution in [0.3, 0.4) is 0 Å². The summed E-state index contributed by atoms with van der Waals surface area (Å²) >= 11 is 7.78. The second kappa shape index (κ2) is 8.68. The smallest absolute Gasteiger partial charge is 0.266 e. The highest BCUT2D eigenvalue weighted by Gasteiger charge is 2.31. The Bertz CT molecular complexity index is 911. The van der Waals surface area contributed by atoms with E-state index in [-0.39, 0.29) is 24.1 Å². The first-order valence-electron chi connectivity index (χ1n) is 8.03. The average molecular weight is 423 g/mol. The van der Waals surface area contributed by atoms with Gasteiger partial charge in [-0.3, -0.25) is 14.5 Å². The first kappa shape index (κ1) is 19.6. The molecule has 2 amide bonds. The fourth-order valence-electron chi connectivity index (χ4n) is 2.33. The summed E-state index contributed by atoms with van der Waals surface area (Å²) in [5.41, 5.74) is 0.726. The highest BCUT2D eigenvalue weighted by atomic mass is 32.2. The summed E-state index contributed by atoms with van der Waals surface area (Å²) in [6.45, 7) is 2.16. The SMILES string of the molecule is Cc1nnc(NC(=O)CCCN2C(=O)/C(=C/c3ccc(F)cc3)SC2=S)s1. The number of hydrogen-bond acceptors (Lipinski definition) is 7. The van der Waals surface area contributed by atoms with Crippen LogP contribution in [0.1, 0.15) is 23.4 Å². The molecule has 0 atom stereocenters. The van der Waals surface area contributed by atoms with Crippen molar-refractivity contribution in [3.8, 4) is 0 Å². The Hall–Kier alpha value is -2.17. The van der Waals surface area contributed by atoms with Crippen molar-refractivity contribution >= 4 is 62.7 Å². The Balaban J connectivity index is 1.53. The van der Waals surface area contributed by atoms with Gasteiger partial charge >= 0.3 is 0 Å². The molecule has 10 heteroatoms. The van der Waals surface area contributed by atoms with Crippen molar-refractivity contribution in [1.29, 1.82) is 0 Å². The standard InChI is InChI=1S/C17H15FN4O2S3/c1-10-20-21-16(26-10)19-14(23)3-2-8-22-15(24)13(27-17(22)25)9-11-4-6-12(18)7-5-11/h4-7,9H,2-3,8H2,1H3,(H,19,21,23)/b13-9-. The maximum Gasteiger partial charge on any atom is 0.266 e. The van der Waals surface area contributed by atoms with Crippen molar-refractivity contribution in [3.05, 3.63) is 45.6 Å². The van der Waals surface area contributed by atoms with Gasteiger partial charge in [-0.05, 0) is 37.1 Å². The first-order chi connectivity index (χ1) is 12.9. The number of rotatable bonds is 6. The van der Waals surface area contributed by atoms with Gasteiger partial charge in [0.2, 0.25) is 11.0 Å². The van der Waals surface area contributed by atoms with Gasteiger partial charge in [-0.15, -0.1) is 10.2 Å². The van der Waals surface area contributed by atoms with Gasteiger partial charge in [0.25, 0.3) is 5.91 Å². The van der Waals surface area contributed by atoms with E-state index in [0.29, 0.717) is 27.3 Å². The number of carbonyl (C=O) groups is 2. The van der Waals surface area contributed by atoms with Crippen LogP contribution in [0, 0.1) is 12.7 Å². The number of thiocarbonyl (C=S) groups is 1. The van der Waals surface area contributed by atoms with E-state index in [0.717, 1.165) is 10.6 Å². The van der Waals surface area contributed by atoms with Gasteiger partial charge in [0.05, 0.1) is 4.91 Å². The second-order valence-electron chi connectivity index (χ2n) is 5.66. The zero-order valence-corrected chi connectivity index (χ0v) is 16.7. The minimum atomic E-state index is -0.332. The molecule has 1 aliphatic rings. The van der Waals surface area contributed by atoms with E-state index < -0.39 is 0 Å². The van der Waals surface area contributed by atoms with Crippen LogP contribution in [0.5, 0.6) is 0 Å². The number of thioether (sulfide) groups is 1. The quantitative estimate of drug-likeness (QED) is 0.566. The Morgan fingerprint density at radius 3 is 2.74 bits per heavy atom. The molecule has 1 saturated heterocycles. The third kappa shape index (κ3) is 5.18. The fraction of sp³-hybridized carbons (Fsp3) is 0.235. The molecule has 0 bridgehead atoms. The summed E-state index contributed by atoms with van der Waals surface area (Å²) < 4.78 is 13.4. The highest BCUT2D eigenvalue weighted by molar-refractivity contribution is 8.26. The number of benzene rings is 1. The summed E-state index contributed by atoms with van der Waals surface area (Å²) in [5, 5.41) is 11.6. The molecule has 3 rings (SSSR count). The molecule has 0 saturated carbocycles. The lowest BCUT2D eigenvalue weighted by atomic mass is 10.2. The number of carbonyl (C=O) groups excluding carboxylic acids is 2. The topological polar surface area (TPSA) is 75.2 Å². The average Bonchev–Trinajstić information content (AvgIpc) is 3.14. The lowest BCUT2D eigenvalue weighted by Gasteiger charge is -2.13. The summed E-state index contributed by atoms with van der Waals surface area (Å²) in [5.74, 6) is -0.713. The number of halogens is 1. The van der Waals surface area contributed by atoms with Gasteiger partial charge in [-0.1, -0.05) is 47.4 Å². The molecule has 0 unspecified atom stereocenters. The molecule has 27 heavy (non-hydrogen) atoms. The predicted octanol–water partition coefficient (Wildman–Crippen LogP) is 3.61. The molecule has 1 N–H and O–H groups in total. The van der Waals surface area contributed by atoms with Gasteiger partial charge < -0.3 is 5.32 Å². The van der Waals surface area contributed by atoms with Crippen molar-refractivity contribution in [2.24, 2.45) is 0 Å². The van der Waals surface area contributed by atoms with Crippen LogP contribution in [0.2, 0.25) is 0 Å². The molecular formula is C17H15FN4O2S3. The van der Waals surface area contributed by atoms with Crippen molar-refractivity contribution in [2.45, 2.75) is 19.8 Å². The van der Waals surface area contributed by atoms with Crippen LogP contribution in [-0.4, -0.2) is 37.8 Å². The number of anilines is 1. The fourth-order valence-corrected chi connectivity index (χ4v) is 4.25. The predicted molar refractivity (Wildman–Crippen MR) is 109 cm³/mol. The van der Waals surface area contributed by atoms with Crippen LogP contribution in [-0.2, 0) is 9.59 Å². The Kier molecular flexibility index (Phi) is 6.30. The Labute approximate surface area is 168 Å².